The molecular weight excluding hydrogens is 363 g/mol. The molecule has 27 heavy (non-hydrogen) atoms. The van der Waals surface area contributed by atoms with Gasteiger partial charge in [0.15, 0.2) is 5.96 Å². The highest BCUT2D eigenvalue weighted by Gasteiger charge is 2.31. The van der Waals surface area contributed by atoms with Crippen molar-refractivity contribution in [2.75, 3.05) is 42.6 Å². The number of nitrogens with one attached hydrogen (secondary N) is 2. The summed E-state index contributed by atoms with van der Waals surface area (Å²) in [5.41, 5.74) is 1.07. The lowest BCUT2D eigenvalue weighted by Gasteiger charge is -2.35. The van der Waals surface area contributed by atoms with E-state index in [0.717, 1.165) is 61.9 Å². The zero-order valence-corrected chi connectivity index (χ0v) is 17.1. The molecule has 0 saturated carbocycles. The Morgan fingerprint density at radius 1 is 1.48 bits per heavy atom. The number of hydrogen-bond acceptors (Lipinski definition) is 4. The largest absolute Gasteiger partial charge is 0.387 e. The molecule has 0 radical (unpaired) electrons. The van der Waals surface area contributed by atoms with Gasteiger partial charge in [-0.1, -0.05) is 6.07 Å². The number of nitrogens with zero attached hydrogens (tertiary/aromatic N) is 2. The van der Waals surface area contributed by atoms with E-state index in [1.807, 2.05) is 19.9 Å². The average molecular weight is 395 g/mol. The fraction of sp³-hybridized carbons (Fsp3) is 0.650. The quantitative estimate of drug-likeness (QED) is 0.529. The molecule has 3 rings (SSSR count). The molecular formula is C20H31FN4OS. The summed E-state index contributed by atoms with van der Waals surface area (Å²) in [6, 6.07) is 5.47. The Kier molecular flexibility index (Phi) is 6.87. The van der Waals surface area contributed by atoms with Crippen molar-refractivity contribution in [3.63, 3.8) is 0 Å². The van der Waals surface area contributed by atoms with E-state index >= 15 is 0 Å². The number of aliphatic imine (C=N–C) groups is 1. The number of aliphatic hydroxyl groups is 1. The number of benzene rings is 1. The molecule has 2 saturated heterocycles. The van der Waals surface area contributed by atoms with E-state index in [1.54, 1.807) is 23.9 Å². The SMILES string of the molecule is CCNC(=NCC1(O)CCSC1)NC1CCCN(c2cc(C)ccc2F)C1. The van der Waals surface area contributed by atoms with Crippen LogP contribution in [-0.2, 0) is 0 Å². The molecule has 2 heterocycles. The normalized spacial score (nSPS) is 26.3. The van der Waals surface area contributed by atoms with Gasteiger partial charge in [-0.15, -0.1) is 0 Å². The monoisotopic (exact) mass is 394 g/mol. The van der Waals surface area contributed by atoms with E-state index in [4.69, 9.17) is 0 Å². The standard InChI is InChI=1S/C20H31FN4OS/c1-3-22-19(23-13-20(26)8-10-27-14-20)24-16-5-4-9-25(12-16)18-11-15(2)6-7-17(18)21/h6-7,11,16,26H,3-5,8-10,12-14H2,1-2H3,(H2,22,23,24). The molecule has 0 bridgehead atoms. The Morgan fingerprint density at radius 2 is 2.33 bits per heavy atom. The molecule has 1 aromatic rings. The minimum Gasteiger partial charge on any atom is -0.387 e. The van der Waals surface area contributed by atoms with E-state index in [2.05, 4.69) is 20.5 Å². The fourth-order valence-corrected chi connectivity index (χ4v) is 4.92. The van der Waals surface area contributed by atoms with Gasteiger partial charge in [0.1, 0.15) is 5.82 Å². The van der Waals surface area contributed by atoms with Gasteiger partial charge in [-0.05, 0) is 56.6 Å². The minimum absolute atomic E-state index is 0.164. The molecule has 0 aliphatic carbocycles. The third kappa shape index (κ3) is 5.51. The van der Waals surface area contributed by atoms with Crippen molar-refractivity contribution in [3.8, 4) is 0 Å². The average Bonchev–Trinajstić information content (AvgIpc) is 3.09. The maximum atomic E-state index is 14.3. The van der Waals surface area contributed by atoms with Crippen LogP contribution >= 0.6 is 11.8 Å². The number of rotatable bonds is 5. The lowest BCUT2D eigenvalue weighted by molar-refractivity contribution is 0.0778. The summed E-state index contributed by atoms with van der Waals surface area (Å²) in [4.78, 5) is 6.75. The Bertz CT molecular complexity index is 663. The predicted octanol–water partition coefficient (Wildman–Crippen LogP) is 2.53. The lowest BCUT2D eigenvalue weighted by Crippen LogP contribution is -2.52. The summed E-state index contributed by atoms with van der Waals surface area (Å²) in [6.45, 7) is 6.81. The summed E-state index contributed by atoms with van der Waals surface area (Å²) in [7, 11) is 0. The molecule has 0 spiro atoms. The second-order valence-electron chi connectivity index (χ2n) is 7.61. The fourth-order valence-electron chi connectivity index (χ4n) is 3.64. The molecule has 0 aromatic heterocycles. The van der Waals surface area contributed by atoms with E-state index in [1.165, 1.54) is 0 Å². The highest BCUT2D eigenvalue weighted by Crippen LogP contribution is 2.28. The first kappa shape index (κ1) is 20.3. The number of anilines is 1. The maximum absolute atomic E-state index is 14.3. The topological polar surface area (TPSA) is 59.9 Å². The summed E-state index contributed by atoms with van der Waals surface area (Å²) >= 11 is 1.78. The van der Waals surface area contributed by atoms with Crippen molar-refractivity contribution in [1.29, 1.82) is 0 Å². The first-order valence-corrected chi connectivity index (χ1v) is 11.0. The van der Waals surface area contributed by atoms with E-state index < -0.39 is 5.60 Å². The van der Waals surface area contributed by atoms with Crippen LogP contribution in [0.25, 0.3) is 0 Å². The van der Waals surface area contributed by atoms with Crippen molar-refractivity contribution in [3.05, 3.63) is 29.6 Å². The molecule has 2 fully saturated rings. The lowest BCUT2D eigenvalue weighted by atomic mass is 10.0. The molecule has 1 aromatic carbocycles. The van der Waals surface area contributed by atoms with Crippen LogP contribution in [-0.4, -0.2) is 60.4 Å². The third-order valence-electron chi connectivity index (χ3n) is 5.16. The minimum atomic E-state index is -0.684. The summed E-state index contributed by atoms with van der Waals surface area (Å²) in [5, 5.41) is 17.3. The number of halogens is 1. The van der Waals surface area contributed by atoms with Gasteiger partial charge in [0, 0.05) is 31.4 Å². The van der Waals surface area contributed by atoms with Crippen molar-refractivity contribution in [1.82, 2.24) is 10.6 Å². The van der Waals surface area contributed by atoms with Gasteiger partial charge in [0.05, 0.1) is 17.8 Å². The van der Waals surface area contributed by atoms with Crippen LogP contribution < -0.4 is 15.5 Å². The number of thioether (sulfide) groups is 1. The zero-order valence-electron chi connectivity index (χ0n) is 16.3. The second-order valence-corrected chi connectivity index (χ2v) is 8.71. The number of aryl methyl sites for hydroxylation is 1. The molecule has 0 amide bonds. The van der Waals surface area contributed by atoms with Gasteiger partial charge in [0.2, 0.25) is 0 Å². The van der Waals surface area contributed by atoms with Crippen molar-refractivity contribution in [2.45, 2.75) is 44.8 Å². The van der Waals surface area contributed by atoms with E-state index in [-0.39, 0.29) is 11.9 Å². The Morgan fingerprint density at radius 3 is 3.07 bits per heavy atom. The molecule has 5 nitrogen and oxygen atoms in total. The van der Waals surface area contributed by atoms with Gasteiger partial charge in [-0.3, -0.25) is 4.99 Å². The van der Waals surface area contributed by atoms with Crippen LogP contribution in [0.1, 0.15) is 31.7 Å². The molecule has 2 unspecified atom stereocenters. The third-order valence-corrected chi connectivity index (χ3v) is 6.40. The van der Waals surface area contributed by atoms with E-state index in [9.17, 15) is 9.50 Å². The molecule has 150 valence electrons. The van der Waals surface area contributed by atoms with Crippen molar-refractivity contribution in [2.24, 2.45) is 4.99 Å². The van der Waals surface area contributed by atoms with E-state index in [0.29, 0.717) is 12.2 Å². The van der Waals surface area contributed by atoms with Crippen LogP contribution in [0.5, 0.6) is 0 Å². The Labute approximate surface area is 165 Å². The molecule has 2 atom stereocenters. The van der Waals surface area contributed by atoms with Gasteiger partial charge in [0.25, 0.3) is 0 Å². The van der Waals surface area contributed by atoms with Crippen LogP contribution in [0, 0.1) is 12.7 Å². The van der Waals surface area contributed by atoms with Crippen molar-refractivity contribution >= 4 is 23.4 Å². The highest BCUT2D eigenvalue weighted by atomic mass is 32.2. The predicted molar refractivity (Wildman–Crippen MR) is 112 cm³/mol. The van der Waals surface area contributed by atoms with Crippen LogP contribution in [0.4, 0.5) is 10.1 Å². The molecule has 3 N–H and O–H groups in total. The van der Waals surface area contributed by atoms with Gasteiger partial charge in [-0.25, -0.2) is 4.39 Å². The first-order chi connectivity index (χ1) is 13.0. The summed E-state index contributed by atoms with van der Waals surface area (Å²) in [5.74, 6) is 2.32. The van der Waals surface area contributed by atoms with Gasteiger partial charge < -0.3 is 20.6 Å². The zero-order chi connectivity index (χ0) is 19.3. The molecule has 2 aliphatic rings. The summed E-state index contributed by atoms with van der Waals surface area (Å²) < 4.78 is 14.3. The Hall–Kier alpha value is -1.47. The number of piperidine rings is 1. The first-order valence-electron chi connectivity index (χ1n) is 9.85. The van der Waals surface area contributed by atoms with Gasteiger partial charge in [-0.2, -0.15) is 11.8 Å². The van der Waals surface area contributed by atoms with Crippen LogP contribution in [0.15, 0.2) is 23.2 Å². The molecule has 2 aliphatic heterocycles. The summed E-state index contributed by atoms with van der Waals surface area (Å²) in [6.07, 6.45) is 2.82. The number of hydrogen-bond donors (Lipinski definition) is 3. The number of guanidine groups is 1. The molecule has 7 heteroatoms. The highest BCUT2D eigenvalue weighted by molar-refractivity contribution is 7.99. The Balaban J connectivity index is 1.64. The maximum Gasteiger partial charge on any atom is 0.191 e. The van der Waals surface area contributed by atoms with Crippen LogP contribution in [0.2, 0.25) is 0 Å². The van der Waals surface area contributed by atoms with Crippen molar-refractivity contribution < 1.29 is 9.50 Å². The second kappa shape index (κ2) is 9.15. The van der Waals surface area contributed by atoms with Gasteiger partial charge >= 0.3 is 0 Å². The van der Waals surface area contributed by atoms with Crippen LogP contribution in [0.3, 0.4) is 0 Å². The smallest absolute Gasteiger partial charge is 0.191 e.